The Kier molecular flexibility index (Phi) is 6.36. The van der Waals surface area contributed by atoms with Crippen LogP contribution in [0.2, 0.25) is 0 Å². The van der Waals surface area contributed by atoms with Gasteiger partial charge in [0, 0.05) is 26.1 Å². The number of hydrogen-bond acceptors (Lipinski definition) is 3. The Hall–Kier alpha value is -0.810. The highest BCUT2D eigenvalue weighted by molar-refractivity contribution is 5.86. The lowest BCUT2D eigenvalue weighted by Gasteiger charge is -2.26. The smallest absolute Gasteiger partial charge is 0.245 e. The molecule has 1 rings (SSSR count). The van der Waals surface area contributed by atoms with E-state index < -0.39 is 6.04 Å². The fourth-order valence-corrected chi connectivity index (χ4v) is 1.99. The van der Waals surface area contributed by atoms with Gasteiger partial charge in [-0.2, -0.15) is 0 Å². The van der Waals surface area contributed by atoms with Gasteiger partial charge in [-0.1, -0.05) is 0 Å². The molecule has 0 radical (unpaired) electrons. The van der Waals surface area contributed by atoms with Crippen molar-refractivity contribution in [1.29, 1.82) is 0 Å². The Morgan fingerprint density at radius 1 is 1.56 bits per heavy atom. The van der Waals surface area contributed by atoms with Crippen LogP contribution in [-0.2, 0) is 9.59 Å². The van der Waals surface area contributed by atoms with E-state index in [-0.39, 0.29) is 30.3 Å². The summed E-state index contributed by atoms with van der Waals surface area (Å²) in [6.45, 7) is 4.37. The summed E-state index contributed by atoms with van der Waals surface area (Å²) in [5.74, 6) is -0.211. The van der Waals surface area contributed by atoms with Crippen LogP contribution in [0.4, 0.5) is 0 Å². The van der Waals surface area contributed by atoms with E-state index in [4.69, 9.17) is 5.73 Å². The van der Waals surface area contributed by atoms with Gasteiger partial charge >= 0.3 is 0 Å². The molecule has 1 aliphatic rings. The van der Waals surface area contributed by atoms with Crippen molar-refractivity contribution in [3.8, 4) is 0 Å². The molecule has 0 aromatic rings. The van der Waals surface area contributed by atoms with E-state index in [1.54, 1.807) is 11.8 Å². The van der Waals surface area contributed by atoms with Gasteiger partial charge in [0.2, 0.25) is 11.8 Å². The van der Waals surface area contributed by atoms with Gasteiger partial charge in [0.25, 0.3) is 0 Å². The average Bonchev–Trinajstić information content (AvgIpc) is 2.62. The Morgan fingerprint density at radius 2 is 2.19 bits per heavy atom. The predicted molar refractivity (Wildman–Crippen MR) is 64.3 cm³/mol. The number of hydrogen-bond donors (Lipinski definition) is 2. The first-order valence-corrected chi connectivity index (χ1v) is 5.34. The lowest BCUT2D eigenvalue weighted by molar-refractivity contribution is -0.136. The van der Waals surface area contributed by atoms with Crippen LogP contribution in [0.3, 0.4) is 0 Å². The van der Waals surface area contributed by atoms with Gasteiger partial charge in [0.15, 0.2) is 0 Å². The van der Waals surface area contributed by atoms with Crippen molar-refractivity contribution in [2.75, 3.05) is 13.1 Å². The summed E-state index contributed by atoms with van der Waals surface area (Å²) >= 11 is 0. The zero-order chi connectivity index (χ0) is 11.4. The lowest BCUT2D eigenvalue weighted by Crippen LogP contribution is -2.49. The normalized spacial score (nSPS) is 21.2. The van der Waals surface area contributed by atoms with Crippen LogP contribution < -0.4 is 11.1 Å². The minimum atomic E-state index is -0.449. The second kappa shape index (κ2) is 6.70. The number of nitrogens with two attached hydrogens (primary N) is 1. The molecule has 1 heterocycles. The van der Waals surface area contributed by atoms with Crippen LogP contribution in [-0.4, -0.2) is 41.9 Å². The first kappa shape index (κ1) is 15.2. The molecule has 94 valence electrons. The molecule has 0 aromatic carbocycles. The molecule has 5 nitrogen and oxygen atoms in total. The maximum Gasteiger partial charge on any atom is 0.245 e. The number of nitrogens with one attached hydrogen (secondary N) is 1. The van der Waals surface area contributed by atoms with Crippen LogP contribution in [0.5, 0.6) is 0 Å². The van der Waals surface area contributed by atoms with Gasteiger partial charge in [-0.3, -0.25) is 9.59 Å². The number of halogens is 1. The van der Waals surface area contributed by atoms with Crippen molar-refractivity contribution in [2.24, 2.45) is 5.73 Å². The third-order valence-electron chi connectivity index (χ3n) is 2.72. The molecule has 0 spiro atoms. The molecule has 0 aromatic heterocycles. The summed E-state index contributed by atoms with van der Waals surface area (Å²) < 4.78 is 0. The van der Waals surface area contributed by atoms with Crippen molar-refractivity contribution < 1.29 is 9.59 Å². The molecule has 6 heteroatoms. The van der Waals surface area contributed by atoms with E-state index >= 15 is 0 Å². The zero-order valence-electron chi connectivity index (χ0n) is 9.73. The first-order chi connectivity index (χ1) is 7.06. The highest BCUT2D eigenvalue weighted by Gasteiger charge is 2.30. The largest absolute Gasteiger partial charge is 0.345 e. The van der Waals surface area contributed by atoms with E-state index in [0.717, 1.165) is 19.4 Å². The highest BCUT2D eigenvalue weighted by Crippen LogP contribution is 2.16. The third kappa shape index (κ3) is 3.64. The molecule has 2 unspecified atom stereocenters. The van der Waals surface area contributed by atoms with Crippen LogP contribution in [0.1, 0.15) is 26.7 Å². The fraction of sp³-hybridized carbons (Fsp3) is 0.800. The summed E-state index contributed by atoms with van der Waals surface area (Å²) in [7, 11) is 0. The molecule has 2 amide bonds. The van der Waals surface area contributed by atoms with E-state index in [2.05, 4.69) is 5.32 Å². The van der Waals surface area contributed by atoms with E-state index in [0.29, 0.717) is 6.54 Å². The minimum absolute atomic E-state index is 0. The standard InChI is InChI=1S/C10H19N3O2.ClH/c1-7(12-8(2)14)10(15)13-5-3-4-9(13)6-11;/h7,9H,3-6,11H2,1-2H3,(H,12,14);1H. The first-order valence-electron chi connectivity index (χ1n) is 5.34. The molecule has 0 saturated carbocycles. The van der Waals surface area contributed by atoms with E-state index in [1.807, 2.05) is 0 Å². The third-order valence-corrected chi connectivity index (χ3v) is 2.72. The van der Waals surface area contributed by atoms with Crippen LogP contribution in [0.25, 0.3) is 0 Å². The molecule has 3 N–H and O–H groups in total. The van der Waals surface area contributed by atoms with Crippen LogP contribution >= 0.6 is 12.4 Å². The summed E-state index contributed by atoms with van der Waals surface area (Å²) in [5, 5.41) is 2.59. The quantitative estimate of drug-likeness (QED) is 0.733. The topological polar surface area (TPSA) is 75.4 Å². The molecule has 2 atom stereocenters. The molecule has 1 aliphatic heterocycles. The number of likely N-dealkylation sites (tertiary alicyclic amines) is 1. The molecular weight excluding hydrogens is 230 g/mol. The van der Waals surface area contributed by atoms with Gasteiger partial charge in [0.05, 0.1) is 0 Å². The second-order valence-electron chi connectivity index (χ2n) is 3.99. The molecule has 16 heavy (non-hydrogen) atoms. The Bertz CT molecular complexity index is 260. The molecule has 1 fully saturated rings. The van der Waals surface area contributed by atoms with Gasteiger partial charge in [-0.05, 0) is 19.8 Å². The average molecular weight is 250 g/mol. The lowest BCUT2D eigenvalue weighted by atomic mass is 10.2. The SMILES string of the molecule is CC(=O)NC(C)C(=O)N1CCCC1CN.Cl. The molecule has 0 bridgehead atoms. The van der Waals surface area contributed by atoms with Crippen molar-refractivity contribution in [3.05, 3.63) is 0 Å². The minimum Gasteiger partial charge on any atom is -0.345 e. The van der Waals surface area contributed by atoms with Gasteiger partial charge in [-0.25, -0.2) is 0 Å². The number of carbonyl (C=O) groups is 2. The maximum atomic E-state index is 11.9. The molecule has 1 saturated heterocycles. The summed E-state index contributed by atoms with van der Waals surface area (Å²) in [6, 6.07) is -0.302. The second-order valence-corrected chi connectivity index (χ2v) is 3.99. The number of carbonyl (C=O) groups excluding carboxylic acids is 2. The summed E-state index contributed by atoms with van der Waals surface area (Å²) in [4.78, 5) is 24.5. The number of amides is 2. The summed E-state index contributed by atoms with van der Waals surface area (Å²) in [6.07, 6.45) is 1.97. The summed E-state index contributed by atoms with van der Waals surface area (Å²) in [5.41, 5.74) is 5.58. The van der Waals surface area contributed by atoms with Crippen molar-refractivity contribution >= 4 is 24.2 Å². The molecular formula is C10H20ClN3O2. The maximum absolute atomic E-state index is 11.9. The van der Waals surface area contributed by atoms with Crippen LogP contribution in [0.15, 0.2) is 0 Å². The van der Waals surface area contributed by atoms with Crippen molar-refractivity contribution in [2.45, 2.75) is 38.8 Å². The number of nitrogens with zero attached hydrogens (tertiary/aromatic N) is 1. The monoisotopic (exact) mass is 249 g/mol. The highest BCUT2D eigenvalue weighted by atomic mass is 35.5. The van der Waals surface area contributed by atoms with Gasteiger partial charge in [-0.15, -0.1) is 12.4 Å². The van der Waals surface area contributed by atoms with Gasteiger partial charge < -0.3 is 16.0 Å². The van der Waals surface area contributed by atoms with Gasteiger partial charge in [0.1, 0.15) is 6.04 Å². The van der Waals surface area contributed by atoms with Crippen molar-refractivity contribution in [3.63, 3.8) is 0 Å². The Labute approximate surface area is 102 Å². The number of rotatable bonds is 3. The fourth-order valence-electron chi connectivity index (χ4n) is 1.99. The molecule has 0 aliphatic carbocycles. The predicted octanol–water partition coefficient (Wildman–Crippen LogP) is -0.117. The Balaban J connectivity index is 0.00000225. The van der Waals surface area contributed by atoms with Crippen molar-refractivity contribution in [1.82, 2.24) is 10.2 Å². The Morgan fingerprint density at radius 3 is 2.69 bits per heavy atom. The van der Waals surface area contributed by atoms with E-state index in [1.165, 1.54) is 6.92 Å². The zero-order valence-corrected chi connectivity index (χ0v) is 10.5. The van der Waals surface area contributed by atoms with E-state index in [9.17, 15) is 9.59 Å². The van der Waals surface area contributed by atoms with Crippen LogP contribution in [0, 0.1) is 0 Å².